The molecule has 0 N–H and O–H groups in total. The number of alkyl halides is 5. The predicted octanol–water partition coefficient (Wildman–Crippen LogP) is 12.9. The summed E-state index contributed by atoms with van der Waals surface area (Å²) in [5, 5.41) is -2.71. The molecule has 340 valence electrons. The summed E-state index contributed by atoms with van der Waals surface area (Å²) in [6.07, 6.45) is 5.16. The van der Waals surface area contributed by atoms with E-state index in [2.05, 4.69) is 74.9 Å². The first-order valence-corrected chi connectivity index (χ1v) is 22.7. The zero-order valence-corrected chi connectivity index (χ0v) is 38.7. The van der Waals surface area contributed by atoms with Crippen molar-refractivity contribution in [1.82, 2.24) is 0 Å². The predicted molar refractivity (Wildman–Crippen MR) is 235 cm³/mol. The quantitative estimate of drug-likeness (QED) is 0.0564. The molecule has 16 heteroatoms. The maximum Gasteiger partial charge on any atom is 0.470 e. The van der Waals surface area contributed by atoms with Gasteiger partial charge in [0, 0.05) is 3.57 Å². The van der Waals surface area contributed by atoms with Crippen molar-refractivity contribution in [3.05, 3.63) is 80.9 Å². The number of carbonyl (C=O) groups is 3. The van der Waals surface area contributed by atoms with Crippen LogP contribution in [0.2, 0.25) is 0 Å². The van der Waals surface area contributed by atoms with Crippen LogP contribution in [-0.2, 0) is 25.9 Å². The van der Waals surface area contributed by atoms with Crippen LogP contribution < -0.4 is 9.47 Å². The lowest BCUT2D eigenvalue weighted by atomic mass is 9.72. The summed E-state index contributed by atoms with van der Waals surface area (Å²) in [5.74, 6) is -0.326. The SMILES string of the molecule is CC(C)(C)C1CCC(Oc2cc(C(F)(F)F)c3ccccc3c2C=O)CC1.CC(C)(C)C1CCC(Oc2cc(I)c3ccccc3c2C=O)CC1.COC(=O)C(F)(F)S(=O)(=O)F. The van der Waals surface area contributed by atoms with Crippen molar-refractivity contribution in [3.63, 3.8) is 0 Å². The third-order valence-electron chi connectivity index (χ3n) is 11.7. The Morgan fingerprint density at radius 3 is 1.35 bits per heavy atom. The molecule has 0 unspecified atom stereocenters. The summed E-state index contributed by atoms with van der Waals surface area (Å²) in [6, 6.07) is 17.2. The lowest BCUT2D eigenvalue weighted by Gasteiger charge is -2.37. The molecular formula is C46H53F6IO8S. The molecular weight excluding hydrogens is 953 g/mol. The smallest absolute Gasteiger partial charge is 0.470 e. The van der Waals surface area contributed by atoms with Crippen molar-refractivity contribution in [3.8, 4) is 11.5 Å². The van der Waals surface area contributed by atoms with E-state index in [1.54, 1.807) is 12.1 Å². The monoisotopic (exact) mass is 1010 g/mol. The zero-order chi connectivity index (χ0) is 46.4. The van der Waals surface area contributed by atoms with Crippen LogP contribution in [0.1, 0.15) is 119 Å². The van der Waals surface area contributed by atoms with Crippen molar-refractivity contribution in [2.24, 2.45) is 22.7 Å². The summed E-state index contributed by atoms with van der Waals surface area (Å²) in [5.41, 5.74) is 0.699. The Bertz CT molecular complexity index is 2320. The summed E-state index contributed by atoms with van der Waals surface area (Å²) < 4.78 is 112. The van der Waals surface area contributed by atoms with E-state index in [1.807, 2.05) is 24.3 Å². The number of fused-ring (bicyclic) bond motifs is 2. The number of carbonyl (C=O) groups excluding carboxylic acids is 3. The second-order valence-electron chi connectivity index (χ2n) is 17.8. The Kier molecular flexibility index (Phi) is 16.6. The Morgan fingerprint density at radius 2 is 1.02 bits per heavy atom. The molecule has 0 aliphatic heterocycles. The number of rotatable bonds is 8. The number of esters is 1. The van der Waals surface area contributed by atoms with Crippen molar-refractivity contribution in [2.75, 3.05) is 7.11 Å². The average Bonchev–Trinajstić information content (AvgIpc) is 3.20. The van der Waals surface area contributed by atoms with E-state index in [9.17, 15) is 48.6 Å². The highest BCUT2D eigenvalue weighted by Gasteiger charge is 2.55. The Morgan fingerprint density at radius 1 is 0.645 bits per heavy atom. The maximum atomic E-state index is 13.6. The molecule has 0 amide bonds. The third kappa shape index (κ3) is 12.4. The zero-order valence-electron chi connectivity index (χ0n) is 35.7. The number of methoxy groups -OCH3 is 1. The van der Waals surface area contributed by atoms with Crippen LogP contribution in [0.3, 0.4) is 0 Å². The maximum absolute atomic E-state index is 13.6. The average molecular weight is 1010 g/mol. The van der Waals surface area contributed by atoms with Gasteiger partial charge in [0.2, 0.25) is 0 Å². The molecule has 2 aliphatic rings. The second kappa shape index (κ2) is 20.3. The van der Waals surface area contributed by atoms with Gasteiger partial charge >= 0.3 is 27.6 Å². The molecule has 0 atom stereocenters. The highest BCUT2D eigenvalue weighted by Crippen LogP contribution is 2.43. The minimum absolute atomic E-state index is 0.0240. The van der Waals surface area contributed by atoms with Gasteiger partial charge in [0.1, 0.15) is 11.5 Å². The fourth-order valence-electron chi connectivity index (χ4n) is 8.05. The van der Waals surface area contributed by atoms with E-state index in [0.717, 1.165) is 76.9 Å². The second-order valence-corrected chi connectivity index (χ2v) is 20.3. The van der Waals surface area contributed by atoms with Crippen molar-refractivity contribution in [2.45, 2.75) is 117 Å². The lowest BCUT2D eigenvalue weighted by molar-refractivity contribution is -0.157. The normalized spacial score (nSPS) is 19.9. The van der Waals surface area contributed by atoms with E-state index in [-0.39, 0.29) is 39.7 Å². The van der Waals surface area contributed by atoms with Gasteiger partial charge in [0.15, 0.2) is 12.6 Å². The van der Waals surface area contributed by atoms with Crippen molar-refractivity contribution < 1.29 is 62.8 Å². The van der Waals surface area contributed by atoms with Gasteiger partial charge in [-0.25, -0.2) is 4.79 Å². The van der Waals surface area contributed by atoms with Gasteiger partial charge in [-0.15, -0.1) is 0 Å². The highest BCUT2D eigenvalue weighted by atomic mass is 127. The molecule has 4 aromatic carbocycles. The summed E-state index contributed by atoms with van der Waals surface area (Å²) >= 11 is 2.33. The van der Waals surface area contributed by atoms with Crippen LogP contribution in [0.25, 0.3) is 21.5 Å². The van der Waals surface area contributed by atoms with Gasteiger partial charge < -0.3 is 14.2 Å². The van der Waals surface area contributed by atoms with Gasteiger partial charge in [0.25, 0.3) is 0 Å². The Labute approximate surface area is 372 Å². The molecule has 0 bridgehead atoms. The van der Waals surface area contributed by atoms with E-state index in [0.29, 0.717) is 30.3 Å². The standard InChI is InChI=1S/C22H25F3O2.C21H25IO2.C3H3F3O4S/c1-21(2,3)14-8-10-15(11-9-14)27-20-12-19(22(23,24)25)17-7-5-4-6-16(17)18(20)13-26;1-21(2,3)14-8-10-15(11-9-14)24-20-12-19(22)17-7-5-4-6-16(17)18(20)13-23;1-10-2(7)3(4,5)11(6,8)9/h4-7,12-15H,8-11H2,1-3H3;4-7,12-15H,8-11H2,1-3H3;1H3. The molecule has 6 rings (SSSR count). The topological polar surface area (TPSA) is 113 Å². The number of hydrogen-bond acceptors (Lipinski definition) is 8. The number of benzene rings is 4. The molecule has 62 heavy (non-hydrogen) atoms. The largest absolute Gasteiger partial charge is 0.490 e. The molecule has 0 saturated heterocycles. The van der Waals surface area contributed by atoms with Crippen LogP contribution in [0, 0.1) is 26.2 Å². The molecule has 0 aromatic heterocycles. The van der Waals surface area contributed by atoms with Gasteiger partial charge in [-0.05, 0) is 130 Å². The van der Waals surface area contributed by atoms with Gasteiger partial charge in [0.05, 0.1) is 36.0 Å². The molecule has 2 saturated carbocycles. The van der Waals surface area contributed by atoms with E-state index >= 15 is 0 Å². The summed E-state index contributed by atoms with van der Waals surface area (Å²) in [7, 11) is -5.71. The van der Waals surface area contributed by atoms with Gasteiger partial charge in [-0.2, -0.15) is 30.4 Å². The molecule has 0 spiro atoms. The van der Waals surface area contributed by atoms with Gasteiger partial charge in [-0.3, -0.25) is 9.59 Å². The van der Waals surface area contributed by atoms with E-state index < -0.39 is 33.2 Å². The van der Waals surface area contributed by atoms with Crippen LogP contribution >= 0.6 is 22.6 Å². The number of halogens is 7. The highest BCUT2D eigenvalue weighted by molar-refractivity contribution is 14.1. The van der Waals surface area contributed by atoms with Crippen LogP contribution in [0.5, 0.6) is 11.5 Å². The summed E-state index contributed by atoms with van der Waals surface area (Å²) in [6.45, 7) is 13.6. The van der Waals surface area contributed by atoms with Crippen molar-refractivity contribution in [1.29, 1.82) is 0 Å². The first kappa shape index (κ1) is 50.7. The van der Waals surface area contributed by atoms with Crippen molar-refractivity contribution >= 4 is 72.9 Å². The van der Waals surface area contributed by atoms with Crippen LogP contribution in [0.15, 0.2) is 60.7 Å². The Balaban J connectivity index is 0.000000222. The molecule has 2 aliphatic carbocycles. The minimum Gasteiger partial charge on any atom is -0.490 e. The minimum atomic E-state index is -6.22. The summed E-state index contributed by atoms with van der Waals surface area (Å²) in [4.78, 5) is 33.3. The fourth-order valence-corrected chi connectivity index (χ4v) is 9.08. The van der Waals surface area contributed by atoms with Gasteiger partial charge in [-0.1, -0.05) is 94.0 Å². The number of ether oxygens (including phenoxy) is 3. The molecule has 0 radical (unpaired) electrons. The molecule has 0 heterocycles. The molecule has 8 nitrogen and oxygen atoms in total. The molecule has 4 aromatic rings. The van der Waals surface area contributed by atoms with Crippen LogP contribution in [0.4, 0.5) is 25.8 Å². The first-order valence-electron chi connectivity index (χ1n) is 20.2. The number of hydrogen-bond donors (Lipinski definition) is 0. The fraction of sp³-hybridized carbons (Fsp3) is 0.500. The van der Waals surface area contributed by atoms with Crippen LogP contribution in [-0.4, -0.2) is 51.5 Å². The molecule has 2 fully saturated rings. The van der Waals surface area contributed by atoms with E-state index in [4.69, 9.17) is 9.47 Å². The van der Waals surface area contributed by atoms with E-state index in [1.165, 1.54) is 25.0 Å². The number of aldehydes is 2. The first-order chi connectivity index (χ1) is 28.7. The Hall–Kier alpha value is -3.93. The lowest BCUT2D eigenvalue weighted by Crippen LogP contribution is -2.36. The third-order valence-corrected chi connectivity index (χ3v) is 13.4.